The number of amides is 1. The van der Waals surface area contributed by atoms with Crippen LogP contribution in [0.2, 0.25) is 0 Å². The fourth-order valence-corrected chi connectivity index (χ4v) is 5.42. The number of benzene rings is 2. The first kappa shape index (κ1) is 25.7. The molecule has 1 amide bonds. The van der Waals surface area contributed by atoms with E-state index in [0.29, 0.717) is 44.4 Å². The van der Waals surface area contributed by atoms with E-state index in [1.54, 1.807) is 18.4 Å². The van der Waals surface area contributed by atoms with E-state index >= 15 is 0 Å². The summed E-state index contributed by atoms with van der Waals surface area (Å²) < 4.78 is 22.9. The summed E-state index contributed by atoms with van der Waals surface area (Å²) in [5, 5.41) is 2.91. The summed E-state index contributed by atoms with van der Waals surface area (Å²) in [6.07, 6.45) is 2.32. The summed E-state index contributed by atoms with van der Waals surface area (Å²) in [5.74, 6) is 1.41. The number of hydrogen-bond donors (Lipinski definition) is 0. The zero-order valence-corrected chi connectivity index (χ0v) is 22.3. The molecule has 2 aliphatic heterocycles. The highest BCUT2D eigenvalue weighted by Crippen LogP contribution is 2.33. The number of carbonyl (C=O) groups is 1. The van der Waals surface area contributed by atoms with E-state index in [9.17, 15) is 4.79 Å². The Labute approximate surface area is 222 Å². The van der Waals surface area contributed by atoms with Crippen molar-refractivity contribution in [2.75, 3.05) is 40.1 Å². The predicted molar refractivity (Wildman–Crippen MR) is 143 cm³/mol. The third kappa shape index (κ3) is 6.50. The number of carbonyl (C=O) groups excluding carboxylic acids is 1. The van der Waals surface area contributed by atoms with Crippen LogP contribution in [0.15, 0.2) is 53.9 Å². The fourth-order valence-electron chi connectivity index (χ4n) is 4.60. The van der Waals surface area contributed by atoms with Gasteiger partial charge < -0.3 is 23.8 Å². The molecule has 2 aliphatic rings. The minimum absolute atomic E-state index is 0.0228. The summed E-state index contributed by atoms with van der Waals surface area (Å²) in [7, 11) is 1.64. The summed E-state index contributed by atoms with van der Waals surface area (Å²) in [6.45, 7) is 5.88. The monoisotopic (exact) mass is 522 g/mol. The molecule has 3 heterocycles. The number of thiazole rings is 1. The van der Waals surface area contributed by atoms with Crippen molar-refractivity contribution in [2.45, 2.75) is 38.8 Å². The molecule has 0 saturated carbocycles. The molecular formula is C29H34N2O5S. The molecule has 7 nitrogen and oxygen atoms in total. The quantitative estimate of drug-likeness (QED) is 0.354. The minimum Gasteiger partial charge on any atom is -0.493 e. The zero-order chi connectivity index (χ0) is 25.7. The van der Waals surface area contributed by atoms with Gasteiger partial charge in [0, 0.05) is 36.1 Å². The molecular weight excluding hydrogens is 488 g/mol. The minimum atomic E-state index is 0.0228. The molecule has 1 atom stereocenters. The van der Waals surface area contributed by atoms with Gasteiger partial charge in [0.2, 0.25) is 5.91 Å². The lowest BCUT2D eigenvalue weighted by molar-refractivity contribution is -0.132. The van der Waals surface area contributed by atoms with E-state index in [-0.39, 0.29) is 23.8 Å². The van der Waals surface area contributed by atoms with Crippen molar-refractivity contribution in [2.24, 2.45) is 5.41 Å². The maximum atomic E-state index is 13.5. The van der Waals surface area contributed by atoms with Crippen molar-refractivity contribution in [3.05, 3.63) is 65.2 Å². The number of methoxy groups -OCH3 is 1. The zero-order valence-electron chi connectivity index (χ0n) is 21.5. The Morgan fingerprint density at radius 3 is 2.73 bits per heavy atom. The first-order valence-electron chi connectivity index (χ1n) is 12.8. The van der Waals surface area contributed by atoms with Crippen molar-refractivity contribution in [3.8, 4) is 22.1 Å². The Kier molecular flexibility index (Phi) is 8.08. The van der Waals surface area contributed by atoms with E-state index in [2.05, 4.69) is 6.92 Å². The molecule has 0 aliphatic carbocycles. The molecule has 0 spiro atoms. The van der Waals surface area contributed by atoms with Crippen LogP contribution in [0.1, 0.15) is 31.0 Å². The SMILES string of the molecule is COc1ccc(CN(C[C@H]2CCCO2)C(=O)Cc2csc(-c3ccccc3)n2)cc1OCC1(C)COC1. The Morgan fingerprint density at radius 2 is 2.03 bits per heavy atom. The van der Waals surface area contributed by atoms with E-state index < -0.39 is 0 Å². The number of ether oxygens (including phenoxy) is 4. The van der Waals surface area contributed by atoms with E-state index in [1.165, 1.54) is 0 Å². The summed E-state index contributed by atoms with van der Waals surface area (Å²) in [6, 6.07) is 15.9. The molecule has 0 radical (unpaired) electrons. The van der Waals surface area contributed by atoms with Crippen molar-refractivity contribution >= 4 is 17.2 Å². The summed E-state index contributed by atoms with van der Waals surface area (Å²) >= 11 is 1.57. The molecule has 0 N–H and O–H groups in total. The Balaban J connectivity index is 1.30. The largest absolute Gasteiger partial charge is 0.493 e. The lowest BCUT2D eigenvalue weighted by Gasteiger charge is -2.37. The number of aromatic nitrogens is 1. The third-order valence-electron chi connectivity index (χ3n) is 6.78. The van der Waals surface area contributed by atoms with Crippen LogP contribution in [-0.2, 0) is 27.2 Å². The molecule has 0 bridgehead atoms. The Hall–Kier alpha value is -2.94. The standard InChI is InChI=1S/C29H34N2O5S/c1-29(18-34-19-29)20-36-26-13-21(10-11-25(26)33-2)15-31(16-24-9-6-12-35-24)27(32)14-23-17-37-28(30-23)22-7-4-3-5-8-22/h3-5,7-8,10-11,13,17,24H,6,9,12,14-16,18-20H2,1-2H3/t24-/m1/s1. The maximum Gasteiger partial charge on any atom is 0.229 e. The van der Waals surface area contributed by atoms with Gasteiger partial charge in [0.05, 0.1) is 45.1 Å². The van der Waals surface area contributed by atoms with E-state index in [0.717, 1.165) is 41.3 Å². The van der Waals surface area contributed by atoms with Gasteiger partial charge in [-0.1, -0.05) is 43.3 Å². The van der Waals surface area contributed by atoms with Gasteiger partial charge in [-0.15, -0.1) is 11.3 Å². The second-order valence-electron chi connectivity index (χ2n) is 10.2. The molecule has 2 saturated heterocycles. The number of rotatable bonds is 11. The van der Waals surface area contributed by atoms with Crippen LogP contribution >= 0.6 is 11.3 Å². The van der Waals surface area contributed by atoms with Gasteiger partial charge in [-0.2, -0.15) is 0 Å². The maximum absolute atomic E-state index is 13.5. The van der Waals surface area contributed by atoms with Crippen molar-refractivity contribution in [3.63, 3.8) is 0 Å². The molecule has 196 valence electrons. The lowest BCUT2D eigenvalue weighted by atomic mass is 9.90. The van der Waals surface area contributed by atoms with Crippen LogP contribution in [0.25, 0.3) is 10.6 Å². The lowest BCUT2D eigenvalue weighted by Crippen LogP contribution is -2.44. The molecule has 5 rings (SSSR count). The van der Waals surface area contributed by atoms with Crippen LogP contribution in [0.5, 0.6) is 11.5 Å². The molecule has 3 aromatic rings. The highest BCUT2D eigenvalue weighted by molar-refractivity contribution is 7.13. The van der Waals surface area contributed by atoms with Gasteiger partial charge in [-0.25, -0.2) is 4.98 Å². The topological polar surface area (TPSA) is 70.1 Å². The van der Waals surface area contributed by atoms with Crippen molar-refractivity contribution in [1.82, 2.24) is 9.88 Å². The number of hydrogen-bond acceptors (Lipinski definition) is 7. The normalized spacial score (nSPS) is 18.3. The van der Waals surface area contributed by atoms with Crippen LogP contribution in [0.3, 0.4) is 0 Å². The van der Waals surface area contributed by atoms with Crippen LogP contribution in [-0.4, -0.2) is 62.0 Å². The number of nitrogens with zero attached hydrogens (tertiary/aromatic N) is 2. The van der Waals surface area contributed by atoms with Gasteiger partial charge in [-0.05, 0) is 30.5 Å². The Bertz CT molecular complexity index is 1190. The second kappa shape index (κ2) is 11.6. The first-order chi connectivity index (χ1) is 18.0. The van der Waals surface area contributed by atoms with Gasteiger partial charge in [0.1, 0.15) is 5.01 Å². The molecule has 0 unspecified atom stereocenters. The molecule has 2 aromatic carbocycles. The Morgan fingerprint density at radius 1 is 1.19 bits per heavy atom. The predicted octanol–water partition coefficient (Wildman–Crippen LogP) is 4.98. The highest BCUT2D eigenvalue weighted by atomic mass is 32.1. The second-order valence-corrected chi connectivity index (χ2v) is 11.0. The van der Waals surface area contributed by atoms with Crippen LogP contribution in [0.4, 0.5) is 0 Å². The van der Waals surface area contributed by atoms with Crippen molar-refractivity contribution in [1.29, 1.82) is 0 Å². The molecule has 37 heavy (non-hydrogen) atoms. The summed E-state index contributed by atoms with van der Waals surface area (Å²) in [4.78, 5) is 20.2. The molecule has 2 fully saturated rings. The molecule has 8 heteroatoms. The highest BCUT2D eigenvalue weighted by Gasteiger charge is 2.34. The van der Waals surface area contributed by atoms with Gasteiger partial charge in [-0.3, -0.25) is 4.79 Å². The smallest absolute Gasteiger partial charge is 0.229 e. The molecule has 1 aromatic heterocycles. The average molecular weight is 523 g/mol. The summed E-state index contributed by atoms with van der Waals surface area (Å²) in [5.41, 5.74) is 2.87. The van der Waals surface area contributed by atoms with Crippen LogP contribution in [0, 0.1) is 5.41 Å². The van der Waals surface area contributed by atoms with Crippen LogP contribution < -0.4 is 9.47 Å². The third-order valence-corrected chi connectivity index (χ3v) is 7.72. The van der Waals surface area contributed by atoms with Crippen molar-refractivity contribution < 1.29 is 23.7 Å². The van der Waals surface area contributed by atoms with Gasteiger partial charge in [0.25, 0.3) is 0 Å². The average Bonchev–Trinajstić information content (AvgIpc) is 3.59. The van der Waals surface area contributed by atoms with Gasteiger partial charge >= 0.3 is 0 Å². The van der Waals surface area contributed by atoms with E-state index in [4.69, 9.17) is 23.9 Å². The van der Waals surface area contributed by atoms with Gasteiger partial charge in [0.15, 0.2) is 11.5 Å². The first-order valence-corrected chi connectivity index (χ1v) is 13.7. The fraction of sp³-hybridized carbons (Fsp3) is 0.448. The van der Waals surface area contributed by atoms with E-state index in [1.807, 2.05) is 58.8 Å².